The summed E-state index contributed by atoms with van der Waals surface area (Å²) in [6.07, 6.45) is 1.84. The van der Waals surface area contributed by atoms with Crippen LogP contribution in [0.25, 0.3) is 0 Å². The molecule has 0 spiro atoms. The maximum atomic E-state index is 13.5. The van der Waals surface area contributed by atoms with Crippen LogP contribution >= 0.6 is 11.8 Å². The fourth-order valence-electron chi connectivity index (χ4n) is 4.06. The Balaban J connectivity index is 0.00000176. The summed E-state index contributed by atoms with van der Waals surface area (Å²) in [5.74, 6) is 1.66. The Morgan fingerprint density at radius 3 is 2.38 bits per heavy atom. The van der Waals surface area contributed by atoms with E-state index in [4.69, 9.17) is 9.47 Å². The van der Waals surface area contributed by atoms with Gasteiger partial charge in [-0.1, -0.05) is 25.1 Å². The molecule has 0 aliphatic carbocycles. The summed E-state index contributed by atoms with van der Waals surface area (Å²) in [6.45, 7) is 10.1. The van der Waals surface area contributed by atoms with Crippen LogP contribution in [0.15, 0.2) is 66.6 Å². The molecule has 1 heterocycles. The standard InChI is InChI=1S/C24H29NO4S.C2H4/c1-5-24(30-20-9-7-6-8-10-20)22(14-11-17(2)26)25(23(24)27)16-18-12-13-19(28-3)15-21(18)29-4;1-2/h6-10,12-13,15,22H,5,11,14,16H2,1-4H3;1-2H2. The molecule has 1 aliphatic rings. The number of hydrogen-bond acceptors (Lipinski definition) is 5. The van der Waals surface area contributed by atoms with Crippen LogP contribution in [0.1, 0.15) is 38.7 Å². The van der Waals surface area contributed by atoms with Gasteiger partial charge in [-0.05, 0) is 44.0 Å². The van der Waals surface area contributed by atoms with Crippen molar-refractivity contribution in [1.29, 1.82) is 0 Å². The van der Waals surface area contributed by atoms with Gasteiger partial charge in [0.05, 0.1) is 20.3 Å². The molecule has 1 fully saturated rings. The van der Waals surface area contributed by atoms with E-state index in [0.717, 1.165) is 10.5 Å². The van der Waals surface area contributed by atoms with E-state index in [1.165, 1.54) is 0 Å². The molecule has 1 amide bonds. The fraction of sp³-hybridized carbons (Fsp3) is 0.385. The molecule has 2 aromatic rings. The van der Waals surface area contributed by atoms with Gasteiger partial charge in [0.1, 0.15) is 22.0 Å². The van der Waals surface area contributed by atoms with Crippen LogP contribution in [0.3, 0.4) is 0 Å². The highest BCUT2D eigenvalue weighted by Gasteiger charge is 2.59. The molecule has 1 saturated heterocycles. The monoisotopic (exact) mass is 455 g/mol. The molecule has 0 radical (unpaired) electrons. The van der Waals surface area contributed by atoms with Gasteiger partial charge >= 0.3 is 0 Å². The van der Waals surface area contributed by atoms with Crippen LogP contribution in [0.4, 0.5) is 0 Å². The Hall–Kier alpha value is -2.73. The molecule has 0 aromatic heterocycles. The summed E-state index contributed by atoms with van der Waals surface area (Å²) in [5.41, 5.74) is 0.925. The topological polar surface area (TPSA) is 55.8 Å². The Morgan fingerprint density at radius 2 is 1.81 bits per heavy atom. The molecule has 6 heteroatoms. The van der Waals surface area contributed by atoms with Crippen molar-refractivity contribution >= 4 is 23.5 Å². The predicted octanol–water partition coefficient (Wildman–Crippen LogP) is 5.53. The summed E-state index contributed by atoms with van der Waals surface area (Å²) in [6, 6.07) is 15.6. The number of carbonyl (C=O) groups excluding carboxylic acids is 2. The lowest BCUT2D eigenvalue weighted by Gasteiger charge is -2.56. The van der Waals surface area contributed by atoms with Gasteiger partial charge in [0.2, 0.25) is 5.91 Å². The molecule has 5 nitrogen and oxygen atoms in total. The van der Waals surface area contributed by atoms with Crippen LogP contribution in [0.5, 0.6) is 11.5 Å². The number of likely N-dealkylation sites (tertiary alicyclic amines) is 1. The van der Waals surface area contributed by atoms with Crippen LogP contribution in [0.2, 0.25) is 0 Å². The van der Waals surface area contributed by atoms with Crippen LogP contribution in [-0.2, 0) is 16.1 Å². The van der Waals surface area contributed by atoms with E-state index in [-0.39, 0.29) is 17.7 Å². The average molecular weight is 456 g/mol. The molecule has 3 rings (SSSR count). The average Bonchev–Trinajstić information content (AvgIpc) is 2.83. The largest absolute Gasteiger partial charge is 0.497 e. The third-order valence-electron chi connectivity index (χ3n) is 5.71. The second-order valence-corrected chi connectivity index (χ2v) is 8.93. The number of amides is 1. The zero-order chi connectivity index (χ0) is 23.7. The van der Waals surface area contributed by atoms with Crippen molar-refractivity contribution < 1.29 is 19.1 Å². The molecule has 0 bridgehead atoms. The number of ketones is 1. The summed E-state index contributed by atoms with van der Waals surface area (Å²) >= 11 is 1.62. The molecule has 2 unspecified atom stereocenters. The first-order chi connectivity index (χ1) is 15.4. The first kappa shape index (κ1) is 25.5. The minimum absolute atomic E-state index is 0.0177. The predicted molar refractivity (Wildman–Crippen MR) is 130 cm³/mol. The van der Waals surface area contributed by atoms with E-state index < -0.39 is 4.75 Å². The lowest BCUT2D eigenvalue weighted by atomic mass is 9.80. The van der Waals surface area contributed by atoms with Gasteiger partial charge in [0.15, 0.2) is 0 Å². The van der Waals surface area contributed by atoms with Crippen LogP contribution in [-0.4, -0.2) is 41.6 Å². The van der Waals surface area contributed by atoms with E-state index >= 15 is 0 Å². The van der Waals surface area contributed by atoms with E-state index in [0.29, 0.717) is 37.3 Å². The minimum atomic E-state index is -0.545. The highest BCUT2D eigenvalue weighted by atomic mass is 32.2. The smallest absolute Gasteiger partial charge is 0.241 e. The van der Waals surface area contributed by atoms with Gasteiger partial charge in [-0.2, -0.15) is 0 Å². The highest BCUT2D eigenvalue weighted by molar-refractivity contribution is 8.01. The molecular formula is C26H33NO4S. The lowest BCUT2D eigenvalue weighted by Crippen LogP contribution is -2.71. The van der Waals surface area contributed by atoms with Crippen molar-refractivity contribution in [2.45, 2.75) is 55.3 Å². The SMILES string of the molecule is C=C.CCC1(Sc2ccccc2)C(=O)N(Cc2ccc(OC)cc2OC)C1CCC(C)=O. The number of Topliss-reactive ketones (excluding diaryl/α,β-unsaturated/α-hetero) is 1. The number of nitrogens with zero attached hydrogens (tertiary/aromatic N) is 1. The van der Waals surface area contributed by atoms with Crippen molar-refractivity contribution in [3.05, 3.63) is 67.3 Å². The number of methoxy groups -OCH3 is 2. The maximum absolute atomic E-state index is 13.5. The number of β-lactam (4-membered cyclic amide) rings is 1. The molecule has 0 saturated carbocycles. The number of benzene rings is 2. The Labute approximate surface area is 195 Å². The van der Waals surface area contributed by atoms with Crippen LogP contribution in [0, 0.1) is 0 Å². The van der Waals surface area contributed by atoms with Gasteiger partial charge < -0.3 is 19.2 Å². The lowest BCUT2D eigenvalue weighted by molar-refractivity contribution is -0.154. The molecule has 2 aromatic carbocycles. The molecule has 172 valence electrons. The summed E-state index contributed by atoms with van der Waals surface area (Å²) in [4.78, 5) is 28.1. The third kappa shape index (κ3) is 5.36. The molecule has 1 aliphatic heterocycles. The number of hydrogen-bond donors (Lipinski definition) is 0. The zero-order valence-corrected chi connectivity index (χ0v) is 20.2. The van der Waals surface area contributed by atoms with Gasteiger partial charge in [-0.3, -0.25) is 4.79 Å². The fourth-order valence-corrected chi connectivity index (χ4v) is 5.50. The van der Waals surface area contributed by atoms with Gasteiger partial charge in [-0.25, -0.2) is 0 Å². The van der Waals surface area contributed by atoms with Crippen molar-refractivity contribution in [3.8, 4) is 11.5 Å². The quantitative estimate of drug-likeness (QED) is 0.348. The van der Waals surface area contributed by atoms with E-state index in [1.807, 2.05) is 53.4 Å². The highest BCUT2D eigenvalue weighted by Crippen LogP contribution is 2.51. The van der Waals surface area contributed by atoms with Gasteiger partial charge in [0.25, 0.3) is 0 Å². The van der Waals surface area contributed by atoms with Crippen LogP contribution < -0.4 is 9.47 Å². The Kier molecular flexibility index (Phi) is 9.39. The Morgan fingerprint density at radius 1 is 1.12 bits per heavy atom. The second-order valence-electron chi connectivity index (χ2n) is 7.53. The van der Waals surface area contributed by atoms with E-state index in [9.17, 15) is 9.59 Å². The summed E-state index contributed by atoms with van der Waals surface area (Å²) in [7, 11) is 3.23. The van der Waals surface area contributed by atoms with Crippen molar-refractivity contribution in [1.82, 2.24) is 4.90 Å². The van der Waals surface area contributed by atoms with Crippen molar-refractivity contribution in [2.24, 2.45) is 0 Å². The van der Waals surface area contributed by atoms with Crippen molar-refractivity contribution in [3.63, 3.8) is 0 Å². The second kappa shape index (κ2) is 11.8. The van der Waals surface area contributed by atoms with E-state index in [2.05, 4.69) is 20.1 Å². The maximum Gasteiger partial charge on any atom is 0.241 e. The molecule has 32 heavy (non-hydrogen) atoms. The molecule has 0 N–H and O–H groups in total. The Bertz CT molecular complexity index is 917. The first-order valence-corrected chi connectivity index (χ1v) is 11.5. The minimum Gasteiger partial charge on any atom is -0.497 e. The third-order valence-corrected chi connectivity index (χ3v) is 7.32. The molecule has 2 atom stereocenters. The molecular weight excluding hydrogens is 422 g/mol. The number of rotatable bonds is 10. The summed E-state index contributed by atoms with van der Waals surface area (Å²) < 4.78 is 10.3. The number of carbonyl (C=O) groups is 2. The van der Waals surface area contributed by atoms with Gasteiger partial charge in [-0.15, -0.1) is 24.9 Å². The normalized spacial score (nSPS) is 19.4. The van der Waals surface area contributed by atoms with E-state index in [1.54, 1.807) is 32.9 Å². The first-order valence-electron chi connectivity index (χ1n) is 10.7. The number of ether oxygens (including phenoxy) is 2. The van der Waals surface area contributed by atoms with Crippen molar-refractivity contribution in [2.75, 3.05) is 14.2 Å². The summed E-state index contributed by atoms with van der Waals surface area (Å²) in [5, 5.41) is 0. The number of thioether (sulfide) groups is 1. The zero-order valence-electron chi connectivity index (χ0n) is 19.4. The van der Waals surface area contributed by atoms with Gasteiger partial charge in [0, 0.05) is 29.5 Å².